The molecule has 0 spiro atoms. The third-order valence-electron chi connectivity index (χ3n) is 3.69. The number of carbonyl (C=O) groups excluding carboxylic acids is 1. The van der Waals surface area contributed by atoms with Crippen molar-refractivity contribution in [2.75, 3.05) is 5.32 Å². The highest BCUT2D eigenvalue weighted by Gasteiger charge is 2.30. The highest BCUT2D eigenvalue weighted by Crippen LogP contribution is 2.31. The van der Waals surface area contributed by atoms with Crippen LogP contribution in [-0.2, 0) is 12.7 Å². The Hall–Kier alpha value is -3.42. The molecule has 0 aliphatic heterocycles. The molecule has 3 aromatic rings. The zero-order valence-corrected chi connectivity index (χ0v) is 14.0. The zero-order valence-electron chi connectivity index (χ0n) is 14.0. The maximum Gasteiger partial charge on any atom is 0.416 e. The van der Waals surface area contributed by atoms with Crippen LogP contribution in [0, 0.1) is 0 Å². The lowest BCUT2D eigenvalue weighted by Crippen LogP contribution is -2.22. The molecule has 27 heavy (non-hydrogen) atoms. The summed E-state index contributed by atoms with van der Waals surface area (Å²) < 4.78 is 38.4. The third kappa shape index (κ3) is 5.04. The molecular weight excluding hydrogens is 357 g/mol. The molecule has 2 heterocycles. The lowest BCUT2D eigenvalue weighted by Gasteiger charge is -2.11. The first kappa shape index (κ1) is 18.4. The van der Waals surface area contributed by atoms with Crippen LogP contribution in [0.2, 0.25) is 0 Å². The lowest BCUT2D eigenvalue weighted by atomic mass is 10.2. The number of aromatic nitrogens is 2. The van der Waals surface area contributed by atoms with Gasteiger partial charge in [-0.15, -0.1) is 0 Å². The third-order valence-corrected chi connectivity index (χ3v) is 3.69. The minimum absolute atomic E-state index is 0.228. The summed E-state index contributed by atoms with van der Waals surface area (Å²) in [5.41, 5.74) is 0.702. The van der Waals surface area contributed by atoms with E-state index in [2.05, 4.69) is 20.6 Å². The largest absolute Gasteiger partial charge is 0.416 e. The van der Waals surface area contributed by atoms with Gasteiger partial charge in [-0.2, -0.15) is 13.2 Å². The van der Waals surface area contributed by atoms with E-state index in [-0.39, 0.29) is 17.4 Å². The summed E-state index contributed by atoms with van der Waals surface area (Å²) in [7, 11) is 0. The predicted molar refractivity (Wildman–Crippen MR) is 94.4 cm³/mol. The molecule has 5 nitrogen and oxygen atoms in total. The van der Waals surface area contributed by atoms with Crippen molar-refractivity contribution in [3.05, 3.63) is 83.8 Å². The Balaban J connectivity index is 1.69. The van der Waals surface area contributed by atoms with Crippen molar-refractivity contribution in [1.29, 1.82) is 0 Å². The van der Waals surface area contributed by atoms with Crippen molar-refractivity contribution in [3.63, 3.8) is 0 Å². The number of nitrogens with one attached hydrogen (secondary N) is 2. The molecule has 3 rings (SSSR count). The Kier molecular flexibility index (Phi) is 5.35. The molecule has 8 heteroatoms. The Bertz CT molecular complexity index is 929. The molecule has 1 amide bonds. The molecule has 2 N–H and O–H groups in total. The minimum atomic E-state index is -4.43. The Labute approximate surface area is 153 Å². The molecular formula is C19H15F3N4O. The van der Waals surface area contributed by atoms with Crippen LogP contribution in [0.4, 0.5) is 24.7 Å². The Morgan fingerprint density at radius 1 is 1.00 bits per heavy atom. The molecule has 0 radical (unpaired) electrons. The van der Waals surface area contributed by atoms with E-state index in [9.17, 15) is 18.0 Å². The van der Waals surface area contributed by atoms with Crippen molar-refractivity contribution in [1.82, 2.24) is 15.3 Å². The number of amides is 1. The van der Waals surface area contributed by atoms with Crippen LogP contribution in [0.3, 0.4) is 0 Å². The summed E-state index contributed by atoms with van der Waals surface area (Å²) in [5, 5.41) is 5.55. The van der Waals surface area contributed by atoms with Gasteiger partial charge in [-0.3, -0.25) is 9.78 Å². The summed E-state index contributed by atoms with van der Waals surface area (Å²) in [4.78, 5) is 20.2. The number of benzene rings is 1. The number of hydrogen-bond acceptors (Lipinski definition) is 4. The fourth-order valence-electron chi connectivity index (χ4n) is 2.35. The first-order valence-corrected chi connectivity index (χ1v) is 7.99. The Morgan fingerprint density at radius 3 is 2.52 bits per heavy atom. The number of carbonyl (C=O) groups is 1. The van der Waals surface area contributed by atoms with Crippen LogP contribution >= 0.6 is 0 Å². The molecule has 1 aromatic carbocycles. The van der Waals surface area contributed by atoms with Gasteiger partial charge >= 0.3 is 6.18 Å². The van der Waals surface area contributed by atoms with Crippen molar-refractivity contribution in [3.8, 4) is 0 Å². The average molecular weight is 372 g/mol. The SMILES string of the molecule is O=C(NCc1ccncc1)c1ccnc(Nc2cccc(C(F)(F)F)c2)c1. The number of anilines is 2. The van der Waals surface area contributed by atoms with Gasteiger partial charge in [0.15, 0.2) is 0 Å². The quantitative estimate of drug-likeness (QED) is 0.706. The second-order valence-electron chi connectivity index (χ2n) is 5.67. The fourth-order valence-corrected chi connectivity index (χ4v) is 2.35. The van der Waals surface area contributed by atoms with E-state index in [1.54, 1.807) is 24.5 Å². The standard InChI is InChI=1S/C19H15F3N4O/c20-19(21,22)15-2-1-3-16(11-15)26-17-10-14(6-9-24-17)18(27)25-12-13-4-7-23-8-5-13/h1-11H,12H2,(H,24,26)(H,25,27). The van der Waals surface area contributed by atoms with Gasteiger partial charge in [0, 0.05) is 36.4 Å². The lowest BCUT2D eigenvalue weighted by molar-refractivity contribution is -0.137. The predicted octanol–water partition coefficient (Wildman–Crippen LogP) is 4.17. The summed E-state index contributed by atoms with van der Waals surface area (Å²) >= 11 is 0. The maximum atomic E-state index is 12.8. The van der Waals surface area contributed by atoms with Crippen molar-refractivity contribution in [2.45, 2.75) is 12.7 Å². The molecule has 2 aromatic heterocycles. The van der Waals surface area contributed by atoms with Crippen LogP contribution in [0.25, 0.3) is 0 Å². The number of nitrogens with zero attached hydrogens (tertiary/aromatic N) is 2. The molecule has 0 atom stereocenters. The number of pyridine rings is 2. The van der Waals surface area contributed by atoms with Crippen molar-refractivity contribution >= 4 is 17.4 Å². The normalized spacial score (nSPS) is 11.1. The van der Waals surface area contributed by atoms with E-state index in [1.165, 1.54) is 30.5 Å². The van der Waals surface area contributed by atoms with Gasteiger partial charge in [0.2, 0.25) is 0 Å². The van der Waals surface area contributed by atoms with Gasteiger partial charge in [-0.25, -0.2) is 4.98 Å². The molecule has 0 aliphatic rings. The second-order valence-corrected chi connectivity index (χ2v) is 5.67. The van der Waals surface area contributed by atoms with Gasteiger partial charge in [-0.05, 0) is 48.0 Å². The zero-order chi connectivity index (χ0) is 19.3. The van der Waals surface area contributed by atoms with Gasteiger partial charge in [0.05, 0.1) is 5.56 Å². The molecule has 0 unspecified atom stereocenters. The van der Waals surface area contributed by atoms with Crippen LogP contribution in [0.1, 0.15) is 21.5 Å². The van der Waals surface area contributed by atoms with Crippen LogP contribution in [0.15, 0.2) is 67.1 Å². The van der Waals surface area contributed by atoms with Gasteiger partial charge in [-0.1, -0.05) is 6.07 Å². The summed E-state index contributed by atoms with van der Waals surface area (Å²) in [6, 6.07) is 11.3. The number of hydrogen-bond donors (Lipinski definition) is 2. The number of rotatable bonds is 5. The molecule has 0 fully saturated rings. The summed E-state index contributed by atoms with van der Waals surface area (Å²) in [6.07, 6.45) is 0.243. The first-order chi connectivity index (χ1) is 12.9. The molecule has 0 saturated carbocycles. The monoisotopic (exact) mass is 372 g/mol. The summed E-state index contributed by atoms with van der Waals surface area (Å²) in [6.45, 7) is 0.333. The van der Waals surface area contributed by atoms with E-state index in [4.69, 9.17) is 0 Å². The maximum absolute atomic E-state index is 12.8. The van der Waals surface area contributed by atoms with Crippen LogP contribution < -0.4 is 10.6 Å². The highest BCUT2D eigenvalue weighted by atomic mass is 19.4. The minimum Gasteiger partial charge on any atom is -0.348 e. The Morgan fingerprint density at radius 2 is 1.78 bits per heavy atom. The smallest absolute Gasteiger partial charge is 0.348 e. The van der Waals surface area contributed by atoms with Crippen LogP contribution in [-0.4, -0.2) is 15.9 Å². The van der Waals surface area contributed by atoms with E-state index in [0.717, 1.165) is 17.7 Å². The number of halogens is 3. The summed E-state index contributed by atoms with van der Waals surface area (Å²) in [5.74, 6) is -0.0489. The molecule has 0 saturated heterocycles. The van der Waals surface area contributed by atoms with E-state index >= 15 is 0 Å². The molecule has 0 aliphatic carbocycles. The van der Waals surface area contributed by atoms with Crippen molar-refractivity contribution in [2.24, 2.45) is 0 Å². The van der Waals surface area contributed by atoms with Gasteiger partial charge in [0.25, 0.3) is 5.91 Å². The van der Waals surface area contributed by atoms with E-state index in [0.29, 0.717) is 12.1 Å². The van der Waals surface area contributed by atoms with Gasteiger partial charge in [0.1, 0.15) is 5.82 Å². The van der Waals surface area contributed by atoms with Gasteiger partial charge < -0.3 is 10.6 Å². The van der Waals surface area contributed by atoms with Crippen LogP contribution in [0.5, 0.6) is 0 Å². The fraction of sp³-hybridized carbons (Fsp3) is 0.105. The van der Waals surface area contributed by atoms with E-state index < -0.39 is 11.7 Å². The highest BCUT2D eigenvalue weighted by molar-refractivity contribution is 5.94. The first-order valence-electron chi connectivity index (χ1n) is 7.99. The topological polar surface area (TPSA) is 66.9 Å². The second kappa shape index (κ2) is 7.86. The van der Waals surface area contributed by atoms with E-state index in [1.807, 2.05) is 0 Å². The average Bonchev–Trinajstić information content (AvgIpc) is 2.67. The molecule has 0 bridgehead atoms. The number of alkyl halides is 3. The molecule has 138 valence electrons. The van der Waals surface area contributed by atoms with Crippen molar-refractivity contribution < 1.29 is 18.0 Å².